The predicted molar refractivity (Wildman–Crippen MR) is 111 cm³/mol. The van der Waals surface area contributed by atoms with E-state index < -0.39 is 0 Å². The third kappa shape index (κ3) is 4.17. The average molecular weight is 385 g/mol. The fraction of sp³-hybridized carbons (Fsp3) is 0.636. The van der Waals surface area contributed by atoms with Gasteiger partial charge in [-0.25, -0.2) is 0 Å². The van der Waals surface area contributed by atoms with E-state index in [0.29, 0.717) is 5.92 Å². The van der Waals surface area contributed by atoms with Gasteiger partial charge in [0.2, 0.25) is 0 Å². The Morgan fingerprint density at radius 3 is 2.71 bits per heavy atom. The van der Waals surface area contributed by atoms with Crippen molar-refractivity contribution in [3.63, 3.8) is 0 Å². The van der Waals surface area contributed by atoms with Crippen LogP contribution in [0.15, 0.2) is 29.3 Å². The maximum atomic E-state index is 12.6. The highest BCUT2D eigenvalue weighted by molar-refractivity contribution is 5.83. The van der Waals surface area contributed by atoms with Crippen molar-refractivity contribution in [3.05, 3.63) is 35.4 Å². The number of carbonyl (C=O) groups is 1. The molecule has 2 heterocycles. The summed E-state index contributed by atoms with van der Waals surface area (Å²) in [6, 6.07) is 8.77. The van der Waals surface area contributed by atoms with Gasteiger partial charge in [0.05, 0.1) is 0 Å². The molecule has 4 rings (SSSR count). The number of fused-ring (bicyclic) bond motifs is 1. The van der Waals surface area contributed by atoms with Gasteiger partial charge in [0.1, 0.15) is 6.10 Å². The molecular weight excluding hydrogens is 352 g/mol. The van der Waals surface area contributed by atoms with Crippen LogP contribution in [0.2, 0.25) is 0 Å². The molecule has 2 unspecified atom stereocenters. The summed E-state index contributed by atoms with van der Waals surface area (Å²) >= 11 is 0. The Kier molecular flexibility index (Phi) is 6.15. The molecular formula is C22H32N4O2. The van der Waals surface area contributed by atoms with Crippen molar-refractivity contribution in [1.29, 1.82) is 0 Å². The number of amides is 1. The summed E-state index contributed by atoms with van der Waals surface area (Å²) in [5, 5.41) is 3.45. The first-order chi connectivity index (χ1) is 13.8. The van der Waals surface area contributed by atoms with Gasteiger partial charge in [-0.3, -0.25) is 9.79 Å². The smallest absolute Gasteiger partial charge is 0.251 e. The van der Waals surface area contributed by atoms with E-state index in [9.17, 15) is 4.79 Å². The summed E-state index contributed by atoms with van der Waals surface area (Å²) in [4.78, 5) is 21.8. The predicted octanol–water partition coefficient (Wildman–Crippen LogP) is 2.01. The summed E-state index contributed by atoms with van der Waals surface area (Å²) in [6.07, 6.45) is 4.00. The maximum Gasteiger partial charge on any atom is 0.251 e. The van der Waals surface area contributed by atoms with Crippen molar-refractivity contribution in [2.45, 2.75) is 44.6 Å². The number of rotatable bonds is 4. The second kappa shape index (κ2) is 8.95. The normalized spacial score (nSPS) is 25.1. The van der Waals surface area contributed by atoms with Crippen LogP contribution >= 0.6 is 0 Å². The Labute approximate surface area is 167 Å². The van der Waals surface area contributed by atoms with Gasteiger partial charge in [-0.2, -0.15) is 0 Å². The van der Waals surface area contributed by atoms with Crippen molar-refractivity contribution in [2.24, 2.45) is 4.99 Å². The zero-order chi connectivity index (χ0) is 19.3. The van der Waals surface area contributed by atoms with Gasteiger partial charge in [0.25, 0.3) is 5.91 Å². The van der Waals surface area contributed by atoms with Crippen LogP contribution in [0.1, 0.15) is 43.2 Å². The van der Waals surface area contributed by atoms with Crippen LogP contribution < -0.4 is 5.32 Å². The summed E-state index contributed by atoms with van der Waals surface area (Å²) in [7, 11) is 0. The molecule has 1 aromatic carbocycles. The monoisotopic (exact) mass is 384 g/mol. The summed E-state index contributed by atoms with van der Waals surface area (Å²) in [5.41, 5.74) is 2.95. The van der Waals surface area contributed by atoms with E-state index >= 15 is 0 Å². The van der Waals surface area contributed by atoms with Crippen LogP contribution in [-0.2, 0) is 16.0 Å². The molecule has 1 aromatic rings. The third-order valence-electron chi connectivity index (χ3n) is 6.15. The molecule has 6 heteroatoms. The molecule has 0 aromatic heterocycles. The minimum Gasteiger partial charge on any atom is -0.368 e. The number of benzene rings is 1. The number of ether oxygens (including phenoxy) is 1. The molecule has 0 spiro atoms. The number of nitrogens with one attached hydrogen (secondary N) is 1. The second-order valence-corrected chi connectivity index (χ2v) is 7.94. The van der Waals surface area contributed by atoms with Crippen molar-refractivity contribution < 1.29 is 9.53 Å². The average Bonchev–Trinajstić information content (AvgIpc) is 3.41. The zero-order valence-corrected chi connectivity index (χ0v) is 16.9. The standard InChI is InChI=1S/C22H32N4O2/c1-2-23-22(24-16-18-10-9-17-6-3-4-7-19(17)18)26-13-11-25(12-14-26)21(27)20-8-5-15-28-20/h3-4,6-7,18,20H,2,5,8-16H2,1H3,(H,23,24). The molecule has 2 aliphatic heterocycles. The van der Waals surface area contributed by atoms with Gasteiger partial charge < -0.3 is 19.9 Å². The van der Waals surface area contributed by atoms with Crippen molar-refractivity contribution in [2.75, 3.05) is 45.9 Å². The Morgan fingerprint density at radius 2 is 1.96 bits per heavy atom. The Hall–Kier alpha value is -2.08. The van der Waals surface area contributed by atoms with Crippen molar-refractivity contribution >= 4 is 11.9 Å². The van der Waals surface area contributed by atoms with E-state index in [2.05, 4.69) is 41.4 Å². The van der Waals surface area contributed by atoms with Crippen LogP contribution in [0.3, 0.4) is 0 Å². The Bertz CT molecular complexity index is 706. The number of nitrogens with zero attached hydrogens (tertiary/aromatic N) is 3. The molecule has 1 amide bonds. The van der Waals surface area contributed by atoms with Gasteiger partial charge in [-0.1, -0.05) is 24.3 Å². The molecule has 1 N–H and O–H groups in total. The Balaban J connectivity index is 1.35. The minimum atomic E-state index is -0.212. The number of aryl methyl sites for hydroxylation is 1. The minimum absolute atomic E-state index is 0.168. The van der Waals surface area contributed by atoms with Gasteiger partial charge >= 0.3 is 0 Å². The second-order valence-electron chi connectivity index (χ2n) is 7.94. The molecule has 6 nitrogen and oxygen atoms in total. The molecule has 1 aliphatic carbocycles. The molecule has 0 radical (unpaired) electrons. The SMILES string of the molecule is CCNC(=NCC1CCc2ccccc21)N1CCN(C(=O)C2CCCO2)CC1. The lowest BCUT2D eigenvalue weighted by Crippen LogP contribution is -2.55. The van der Waals surface area contributed by atoms with Crippen LogP contribution in [0, 0.1) is 0 Å². The van der Waals surface area contributed by atoms with Gasteiger partial charge in [0, 0.05) is 51.8 Å². The Morgan fingerprint density at radius 1 is 1.18 bits per heavy atom. The molecule has 0 bridgehead atoms. The van der Waals surface area contributed by atoms with E-state index in [-0.39, 0.29) is 12.0 Å². The van der Waals surface area contributed by atoms with E-state index in [1.165, 1.54) is 17.5 Å². The van der Waals surface area contributed by atoms with Gasteiger partial charge in [0.15, 0.2) is 5.96 Å². The van der Waals surface area contributed by atoms with Crippen molar-refractivity contribution in [3.8, 4) is 0 Å². The highest BCUT2D eigenvalue weighted by Gasteiger charge is 2.31. The zero-order valence-electron chi connectivity index (χ0n) is 16.9. The van der Waals surface area contributed by atoms with Crippen molar-refractivity contribution in [1.82, 2.24) is 15.1 Å². The summed E-state index contributed by atoms with van der Waals surface area (Å²) in [6.45, 7) is 7.65. The molecule has 152 valence electrons. The molecule has 28 heavy (non-hydrogen) atoms. The molecule has 3 aliphatic rings. The summed E-state index contributed by atoms with van der Waals surface area (Å²) < 4.78 is 5.56. The van der Waals surface area contributed by atoms with E-state index in [0.717, 1.165) is 71.1 Å². The molecule has 2 saturated heterocycles. The van der Waals surface area contributed by atoms with Gasteiger partial charge in [-0.15, -0.1) is 0 Å². The van der Waals surface area contributed by atoms with E-state index in [4.69, 9.17) is 9.73 Å². The van der Waals surface area contributed by atoms with E-state index in [1.54, 1.807) is 0 Å². The number of aliphatic imine (C=N–C) groups is 1. The first-order valence-electron chi connectivity index (χ1n) is 10.8. The summed E-state index contributed by atoms with van der Waals surface area (Å²) in [5.74, 6) is 1.67. The lowest BCUT2D eigenvalue weighted by Gasteiger charge is -2.37. The number of hydrogen-bond donors (Lipinski definition) is 1. The van der Waals surface area contributed by atoms with Crippen LogP contribution in [0.25, 0.3) is 0 Å². The van der Waals surface area contributed by atoms with E-state index in [1.807, 2.05) is 4.90 Å². The number of guanidine groups is 1. The van der Waals surface area contributed by atoms with Gasteiger partial charge in [-0.05, 0) is 43.7 Å². The molecule has 2 atom stereocenters. The number of piperazine rings is 1. The highest BCUT2D eigenvalue weighted by atomic mass is 16.5. The van der Waals surface area contributed by atoms with Crippen LogP contribution in [0.5, 0.6) is 0 Å². The van der Waals surface area contributed by atoms with Crippen LogP contribution in [-0.4, -0.2) is 73.6 Å². The molecule has 2 fully saturated rings. The largest absolute Gasteiger partial charge is 0.368 e. The van der Waals surface area contributed by atoms with Crippen LogP contribution in [0.4, 0.5) is 0 Å². The quantitative estimate of drug-likeness (QED) is 0.637. The first-order valence-corrected chi connectivity index (χ1v) is 10.8. The lowest BCUT2D eigenvalue weighted by molar-refractivity contribution is -0.142. The lowest BCUT2D eigenvalue weighted by atomic mass is 10.0. The fourth-order valence-corrected chi connectivity index (χ4v) is 4.57. The maximum absolute atomic E-state index is 12.6. The topological polar surface area (TPSA) is 57.2 Å². The fourth-order valence-electron chi connectivity index (χ4n) is 4.57. The highest BCUT2D eigenvalue weighted by Crippen LogP contribution is 2.32. The number of hydrogen-bond acceptors (Lipinski definition) is 3. The first kappa shape index (κ1) is 19.2. The molecule has 0 saturated carbocycles. The number of carbonyl (C=O) groups excluding carboxylic acids is 1. The third-order valence-corrected chi connectivity index (χ3v) is 6.15.